The molecule has 1 aromatic rings. The maximum absolute atomic E-state index is 9.04. The molecule has 15 heavy (non-hydrogen) atoms. The Morgan fingerprint density at radius 1 is 1.53 bits per heavy atom. The van der Waals surface area contributed by atoms with Crippen LogP contribution in [0.4, 0.5) is 5.69 Å². The number of hydrogen-bond acceptors (Lipinski definition) is 2. The molecule has 3 nitrogen and oxygen atoms in total. The first-order chi connectivity index (χ1) is 7.15. The fraction of sp³-hybridized carbons (Fsp3) is 0.583. The monoisotopic (exact) mass is 205 g/mol. The standard InChI is InChI=1S/C12H19N3/c1-4-6-12-11(14)7-10(8-13)15(12)9(3)5-2/h7,9H,4-6,14H2,1-3H3. The average Bonchev–Trinajstić information content (AvgIpc) is 2.55. The molecule has 3 heteroatoms. The molecule has 2 N–H and O–H groups in total. The highest BCUT2D eigenvalue weighted by Gasteiger charge is 2.15. The zero-order chi connectivity index (χ0) is 11.4. The largest absolute Gasteiger partial charge is 0.397 e. The van der Waals surface area contributed by atoms with E-state index < -0.39 is 0 Å². The van der Waals surface area contributed by atoms with E-state index >= 15 is 0 Å². The lowest BCUT2D eigenvalue weighted by atomic mass is 10.2. The first kappa shape index (κ1) is 11.6. The van der Waals surface area contributed by atoms with Crippen molar-refractivity contribution in [3.05, 3.63) is 17.5 Å². The van der Waals surface area contributed by atoms with Crippen molar-refractivity contribution in [2.24, 2.45) is 0 Å². The Morgan fingerprint density at radius 3 is 2.67 bits per heavy atom. The summed E-state index contributed by atoms with van der Waals surface area (Å²) in [4.78, 5) is 0. The van der Waals surface area contributed by atoms with E-state index in [1.54, 1.807) is 6.07 Å². The molecule has 0 spiro atoms. The normalized spacial score (nSPS) is 12.4. The summed E-state index contributed by atoms with van der Waals surface area (Å²) >= 11 is 0. The Bertz CT molecular complexity index is 371. The van der Waals surface area contributed by atoms with Gasteiger partial charge in [-0.1, -0.05) is 20.3 Å². The first-order valence-corrected chi connectivity index (χ1v) is 5.55. The molecule has 0 aromatic carbocycles. The van der Waals surface area contributed by atoms with Crippen LogP contribution < -0.4 is 5.73 Å². The molecule has 0 saturated carbocycles. The molecule has 0 amide bonds. The van der Waals surface area contributed by atoms with Crippen molar-refractivity contribution in [3.63, 3.8) is 0 Å². The maximum Gasteiger partial charge on any atom is 0.122 e. The molecule has 0 aliphatic heterocycles. The van der Waals surface area contributed by atoms with Gasteiger partial charge < -0.3 is 10.3 Å². The number of nitrogen functional groups attached to an aromatic ring is 1. The highest BCUT2D eigenvalue weighted by atomic mass is 15.0. The predicted octanol–water partition coefficient (Wildman–Crippen LogP) is 2.87. The van der Waals surface area contributed by atoms with Gasteiger partial charge in [-0.2, -0.15) is 5.26 Å². The van der Waals surface area contributed by atoms with Crippen molar-refractivity contribution in [3.8, 4) is 6.07 Å². The van der Waals surface area contributed by atoms with E-state index in [4.69, 9.17) is 11.0 Å². The van der Waals surface area contributed by atoms with Crippen LogP contribution in [0.1, 0.15) is 51.0 Å². The van der Waals surface area contributed by atoms with Crippen LogP contribution >= 0.6 is 0 Å². The number of anilines is 1. The van der Waals surface area contributed by atoms with Crippen molar-refractivity contribution in [1.82, 2.24) is 4.57 Å². The van der Waals surface area contributed by atoms with Gasteiger partial charge in [-0.15, -0.1) is 0 Å². The first-order valence-electron chi connectivity index (χ1n) is 5.55. The van der Waals surface area contributed by atoms with Gasteiger partial charge >= 0.3 is 0 Å². The Morgan fingerprint density at radius 2 is 2.20 bits per heavy atom. The molecule has 1 heterocycles. The Labute approximate surface area is 91.5 Å². The number of nitrogens with zero attached hydrogens (tertiary/aromatic N) is 2. The molecule has 82 valence electrons. The highest BCUT2D eigenvalue weighted by Crippen LogP contribution is 2.25. The van der Waals surface area contributed by atoms with Crippen LogP contribution in [-0.2, 0) is 6.42 Å². The zero-order valence-electron chi connectivity index (χ0n) is 9.75. The smallest absolute Gasteiger partial charge is 0.122 e. The minimum atomic E-state index is 0.346. The number of rotatable bonds is 4. The maximum atomic E-state index is 9.04. The molecule has 0 saturated heterocycles. The second kappa shape index (κ2) is 4.88. The summed E-state index contributed by atoms with van der Waals surface area (Å²) in [5.41, 5.74) is 8.48. The van der Waals surface area contributed by atoms with Crippen LogP contribution in [0.25, 0.3) is 0 Å². The zero-order valence-corrected chi connectivity index (χ0v) is 9.75. The van der Waals surface area contributed by atoms with Crippen LogP contribution in [0.5, 0.6) is 0 Å². The molecule has 1 aromatic heterocycles. The average molecular weight is 205 g/mol. The van der Waals surface area contributed by atoms with Gasteiger partial charge in [0.1, 0.15) is 11.8 Å². The van der Waals surface area contributed by atoms with E-state index in [9.17, 15) is 0 Å². The van der Waals surface area contributed by atoms with Gasteiger partial charge in [-0.25, -0.2) is 0 Å². The van der Waals surface area contributed by atoms with Crippen LogP contribution in [-0.4, -0.2) is 4.57 Å². The lowest BCUT2D eigenvalue weighted by Crippen LogP contribution is -2.10. The minimum absolute atomic E-state index is 0.346. The topological polar surface area (TPSA) is 54.7 Å². The summed E-state index contributed by atoms with van der Waals surface area (Å²) in [7, 11) is 0. The van der Waals surface area contributed by atoms with Crippen LogP contribution in [0.2, 0.25) is 0 Å². The summed E-state index contributed by atoms with van der Waals surface area (Å²) in [6.45, 7) is 6.37. The van der Waals surface area contributed by atoms with E-state index in [-0.39, 0.29) is 0 Å². The van der Waals surface area contributed by atoms with Crippen molar-refractivity contribution < 1.29 is 0 Å². The number of aromatic nitrogens is 1. The second-order valence-electron chi connectivity index (χ2n) is 3.92. The predicted molar refractivity (Wildman–Crippen MR) is 62.6 cm³/mol. The second-order valence-corrected chi connectivity index (χ2v) is 3.92. The third kappa shape index (κ3) is 2.15. The van der Waals surface area contributed by atoms with Crippen molar-refractivity contribution in [1.29, 1.82) is 5.26 Å². The molecule has 1 atom stereocenters. The number of nitriles is 1. The summed E-state index contributed by atoms with van der Waals surface area (Å²) in [5.74, 6) is 0. The Kier molecular flexibility index (Phi) is 3.79. The SMILES string of the molecule is CCCc1c(N)cc(C#N)n1C(C)CC. The van der Waals surface area contributed by atoms with E-state index in [2.05, 4.69) is 31.4 Å². The lowest BCUT2D eigenvalue weighted by molar-refractivity contribution is 0.508. The third-order valence-corrected chi connectivity index (χ3v) is 2.81. The third-order valence-electron chi connectivity index (χ3n) is 2.81. The molecular formula is C12H19N3. The van der Waals surface area contributed by atoms with E-state index in [0.717, 1.165) is 30.6 Å². The van der Waals surface area contributed by atoms with Gasteiger partial charge in [-0.3, -0.25) is 0 Å². The van der Waals surface area contributed by atoms with Gasteiger partial charge in [-0.05, 0) is 25.8 Å². The fourth-order valence-electron chi connectivity index (χ4n) is 1.86. The van der Waals surface area contributed by atoms with Gasteiger partial charge in [0.15, 0.2) is 0 Å². The Balaban J connectivity index is 3.24. The van der Waals surface area contributed by atoms with Gasteiger partial charge in [0.05, 0.1) is 5.69 Å². The van der Waals surface area contributed by atoms with E-state index in [1.165, 1.54) is 0 Å². The van der Waals surface area contributed by atoms with Crippen LogP contribution in [0, 0.1) is 11.3 Å². The van der Waals surface area contributed by atoms with Crippen LogP contribution in [0.15, 0.2) is 6.07 Å². The molecule has 0 aliphatic carbocycles. The van der Waals surface area contributed by atoms with Crippen molar-refractivity contribution in [2.75, 3.05) is 5.73 Å². The summed E-state index contributed by atoms with van der Waals surface area (Å²) in [6.07, 6.45) is 3.01. The summed E-state index contributed by atoms with van der Waals surface area (Å²) in [6, 6.07) is 4.35. The molecular weight excluding hydrogens is 186 g/mol. The van der Waals surface area contributed by atoms with Crippen molar-refractivity contribution >= 4 is 5.69 Å². The molecule has 0 bridgehead atoms. The summed E-state index contributed by atoms with van der Waals surface area (Å²) in [5, 5.41) is 9.04. The Hall–Kier alpha value is -1.43. The molecule has 0 fully saturated rings. The molecule has 1 rings (SSSR count). The molecule has 0 radical (unpaired) electrons. The van der Waals surface area contributed by atoms with E-state index in [0.29, 0.717) is 11.7 Å². The number of nitrogens with two attached hydrogens (primary N) is 1. The number of hydrogen-bond donors (Lipinski definition) is 1. The van der Waals surface area contributed by atoms with Gasteiger partial charge in [0.2, 0.25) is 0 Å². The lowest BCUT2D eigenvalue weighted by Gasteiger charge is -2.17. The highest BCUT2D eigenvalue weighted by molar-refractivity contribution is 5.51. The van der Waals surface area contributed by atoms with Crippen LogP contribution in [0.3, 0.4) is 0 Å². The molecule has 1 unspecified atom stereocenters. The quantitative estimate of drug-likeness (QED) is 0.821. The summed E-state index contributed by atoms with van der Waals surface area (Å²) < 4.78 is 2.08. The molecule has 0 aliphatic rings. The van der Waals surface area contributed by atoms with Gasteiger partial charge in [0.25, 0.3) is 0 Å². The van der Waals surface area contributed by atoms with Crippen molar-refractivity contribution in [2.45, 2.75) is 46.1 Å². The van der Waals surface area contributed by atoms with E-state index in [1.807, 2.05) is 0 Å². The minimum Gasteiger partial charge on any atom is -0.397 e. The fourth-order valence-corrected chi connectivity index (χ4v) is 1.86. The van der Waals surface area contributed by atoms with Gasteiger partial charge in [0, 0.05) is 11.7 Å².